The smallest absolute Gasteiger partial charge is 0.317 e. The summed E-state index contributed by atoms with van der Waals surface area (Å²) in [6.07, 6.45) is 3.10. The quantitative estimate of drug-likeness (QED) is 0.785. The third kappa shape index (κ3) is 6.56. The van der Waals surface area contributed by atoms with Gasteiger partial charge in [0, 0.05) is 37.7 Å². The van der Waals surface area contributed by atoms with E-state index in [0.29, 0.717) is 6.54 Å². The molecule has 1 aliphatic rings. The Hall–Kier alpha value is -2.04. The molecule has 1 heterocycles. The maximum Gasteiger partial charge on any atom is 0.317 e. The molecule has 1 fully saturated rings. The Morgan fingerprint density at radius 1 is 0.889 bits per heavy atom. The molecule has 4 nitrogen and oxygen atoms in total. The summed E-state index contributed by atoms with van der Waals surface area (Å²) >= 11 is 5.89. The number of hydrogen-bond donors (Lipinski definition) is 1. The standard InChI is InChI=1S/C22H28ClN3O/c23-21-10-8-20(9-11-21)12-13-24-22(27)26-17-15-25(16-18-26)14-4-7-19-5-2-1-3-6-19/h1-3,5-6,8-11H,4,7,12-18H2,(H,24,27). The van der Waals surface area contributed by atoms with Crippen LogP contribution in [0, 0.1) is 0 Å². The van der Waals surface area contributed by atoms with Gasteiger partial charge < -0.3 is 10.2 Å². The molecule has 144 valence electrons. The Kier molecular flexibility index (Phi) is 7.55. The first-order valence-corrected chi connectivity index (χ1v) is 10.1. The van der Waals surface area contributed by atoms with Crippen LogP contribution < -0.4 is 5.32 Å². The topological polar surface area (TPSA) is 35.6 Å². The first kappa shape index (κ1) is 19.7. The van der Waals surface area contributed by atoms with Crippen molar-refractivity contribution in [3.63, 3.8) is 0 Å². The fraction of sp³-hybridized carbons (Fsp3) is 0.409. The summed E-state index contributed by atoms with van der Waals surface area (Å²) in [5.74, 6) is 0. The number of rotatable bonds is 7. The molecule has 2 amide bonds. The highest BCUT2D eigenvalue weighted by Gasteiger charge is 2.20. The largest absolute Gasteiger partial charge is 0.338 e. The van der Waals surface area contributed by atoms with Crippen molar-refractivity contribution < 1.29 is 4.79 Å². The van der Waals surface area contributed by atoms with Crippen molar-refractivity contribution in [2.45, 2.75) is 19.3 Å². The van der Waals surface area contributed by atoms with Crippen LogP contribution in [-0.2, 0) is 12.8 Å². The maximum atomic E-state index is 12.3. The summed E-state index contributed by atoms with van der Waals surface area (Å²) in [6.45, 7) is 5.27. The highest BCUT2D eigenvalue weighted by molar-refractivity contribution is 6.30. The second-order valence-corrected chi connectivity index (χ2v) is 7.46. The van der Waals surface area contributed by atoms with E-state index in [0.717, 1.165) is 57.0 Å². The fourth-order valence-electron chi connectivity index (χ4n) is 3.40. The fourth-order valence-corrected chi connectivity index (χ4v) is 3.53. The van der Waals surface area contributed by atoms with Gasteiger partial charge in [-0.3, -0.25) is 4.90 Å². The lowest BCUT2D eigenvalue weighted by Gasteiger charge is -2.34. The number of benzene rings is 2. The van der Waals surface area contributed by atoms with Crippen molar-refractivity contribution >= 4 is 17.6 Å². The van der Waals surface area contributed by atoms with E-state index in [1.165, 1.54) is 11.1 Å². The molecule has 2 aromatic rings. The lowest BCUT2D eigenvalue weighted by atomic mass is 10.1. The third-order valence-corrected chi connectivity index (χ3v) is 5.30. The maximum absolute atomic E-state index is 12.3. The van der Waals surface area contributed by atoms with Crippen LogP contribution in [0.4, 0.5) is 4.79 Å². The second kappa shape index (κ2) is 10.3. The molecule has 3 rings (SSSR count). The first-order valence-electron chi connectivity index (χ1n) is 9.74. The molecule has 0 bridgehead atoms. The van der Waals surface area contributed by atoms with Gasteiger partial charge >= 0.3 is 6.03 Å². The zero-order chi connectivity index (χ0) is 18.9. The van der Waals surface area contributed by atoms with E-state index >= 15 is 0 Å². The summed E-state index contributed by atoms with van der Waals surface area (Å²) < 4.78 is 0. The molecule has 0 aromatic heterocycles. The lowest BCUT2D eigenvalue weighted by molar-refractivity contribution is 0.138. The van der Waals surface area contributed by atoms with Crippen LogP contribution in [0.2, 0.25) is 5.02 Å². The van der Waals surface area contributed by atoms with E-state index in [1.54, 1.807) is 0 Å². The number of hydrogen-bond acceptors (Lipinski definition) is 2. The molecular weight excluding hydrogens is 358 g/mol. The summed E-state index contributed by atoms with van der Waals surface area (Å²) in [5.41, 5.74) is 2.58. The number of carbonyl (C=O) groups excluding carboxylic acids is 1. The molecule has 1 aliphatic heterocycles. The van der Waals surface area contributed by atoms with Crippen molar-refractivity contribution in [3.05, 3.63) is 70.7 Å². The highest BCUT2D eigenvalue weighted by Crippen LogP contribution is 2.10. The number of carbonyl (C=O) groups is 1. The average molecular weight is 386 g/mol. The minimum atomic E-state index is 0.0490. The molecule has 2 aromatic carbocycles. The summed E-state index contributed by atoms with van der Waals surface area (Å²) in [5, 5.41) is 3.77. The molecule has 1 N–H and O–H groups in total. The Morgan fingerprint density at radius 3 is 2.26 bits per heavy atom. The van der Waals surface area contributed by atoms with E-state index in [9.17, 15) is 4.79 Å². The van der Waals surface area contributed by atoms with Crippen LogP contribution in [0.25, 0.3) is 0 Å². The average Bonchev–Trinajstić information content (AvgIpc) is 2.71. The monoisotopic (exact) mass is 385 g/mol. The summed E-state index contributed by atoms with van der Waals surface area (Å²) in [7, 11) is 0. The Bertz CT molecular complexity index is 697. The molecule has 0 unspecified atom stereocenters. The van der Waals surface area contributed by atoms with Crippen LogP contribution in [0.1, 0.15) is 17.5 Å². The van der Waals surface area contributed by atoms with Gasteiger partial charge in [-0.1, -0.05) is 54.1 Å². The van der Waals surface area contributed by atoms with E-state index in [1.807, 2.05) is 29.2 Å². The van der Waals surface area contributed by atoms with Crippen LogP contribution in [-0.4, -0.2) is 55.1 Å². The molecular formula is C22H28ClN3O. The molecule has 1 saturated heterocycles. The first-order chi connectivity index (χ1) is 13.2. The van der Waals surface area contributed by atoms with Crippen molar-refractivity contribution in [3.8, 4) is 0 Å². The summed E-state index contributed by atoms with van der Waals surface area (Å²) in [6, 6.07) is 18.4. The minimum absolute atomic E-state index is 0.0490. The summed E-state index contributed by atoms with van der Waals surface area (Å²) in [4.78, 5) is 16.7. The van der Waals surface area contributed by atoms with E-state index in [2.05, 4.69) is 40.5 Å². The van der Waals surface area contributed by atoms with Gasteiger partial charge in [0.15, 0.2) is 0 Å². The van der Waals surface area contributed by atoms with Crippen molar-refractivity contribution in [1.82, 2.24) is 15.1 Å². The van der Waals surface area contributed by atoms with Gasteiger partial charge in [-0.05, 0) is 49.1 Å². The van der Waals surface area contributed by atoms with Crippen molar-refractivity contribution in [2.24, 2.45) is 0 Å². The zero-order valence-electron chi connectivity index (χ0n) is 15.7. The number of halogens is 1. The van der Waals surface area contributed by atoms with Gasteiger partial charge in [0.1, 0.15) is 0 Å². The van der Waals surface area contributed by atoms with Crippen LogP contribution >= 0.6 is 11.6 Å². The second-order valence-electron chi connectivity index (χ2n) is 7.03. The predicted molar refractivity (Wildman–Crippen MR) is 111 cm³/mol. The zero-order valence-corrected chi connectivity index (χ0v) is 16.5. The van der Waals surface area contributed by atoms with Gasteiger partial charge in [-0.2, -0.15) is 0 Å². The van der Waals surface area contributed by atoms with E-state index in [-0.39, 0.29) is 6.03 Å². The number of urea groups is 1. The van der Waals surface area contributed by atoms with Crippen LogP contribution in [0.15, 0.2) is 54.6 Å². The number of nitrogens with one attached hydrogen (secondary N) is 1. The van der Waals surface area contributed by atoms with E-state index in [4.69, 9.17) is 11.6 Å². The van der Waals surface area contributed by atoms with Gasteiger partial charge in [0.2, 0.25) is 0 Å². The molecule has 0 atom stereocenters. The van der Waals surface area contributed by atoms with Crippen LogP contribution in [0.5, 0.6) is 0 Å². The normalized spacial score (nSPS) is 14.9. The Balaban J connectivity index is 1.30. The highest BCUT2D eigenvalue weighted by atomic mass is 35.5. The van der Waals surface area contributed by atoms with Gasteiger partial charge in [-0.25, -0.2) is 4.79 Å². The van der Waals surface area contributed by atoms with E-state index < -0.39 is 0 Å². The van der Waals surface area contributed by atoms with Gasteiger partial charge in [0.25, 0.3) is 0 Å². The van der Waals surface area contributed by atoms with Crippen LogP contribution in [0.3, 0.4) is 0 Å². The van der Waals surface area contributed by atoms with Crippen molar-refractivity contribution in [1.29, 1.82) is 0 Å². The van der Waals surface area contributed by atoms with Crippen molar-refractivity contribution in [2.75, 3.05) is 39.3 Å². The van der Waals surface area contributed by atoms with Gasteiger partial charge in [0.05, 0.1) is 0 Å². The lowest BCUT2D eigenvalue weighted by Crippen LogP contribution is -2.52. The molecule has 0 radical (unpaired) electrons. The Labute approximate surface area is 167 Å². The number of nitrogens with zero attached hydrogens (tertiary/aromatic N) is 2. The number of piperazine rings is 1. The molecule has 0 spiro atoms. The SMILES string of the molecule is O=C(NCCc1ccc(Cl)cc1)N1CCN(CCCc2ccccc2)CC1. The number of aryl methyl sites for hydroxylation is 1. The minimum Gasteiger partial charge on any atom is -0.338 e. The molecule has 27 heavy (non-hydrogen) atoms. The molecule has 5 heteroatoms. The third-order valence-electron chi connectivity index (χ3n) is 5.05. The molecule has 0 saturated carbocycles. The number of amides is 2. The molecule has 0 aliphatic carbocycles. The Morgan fingerprint density at radius 2 is 1.56 bits per heavy atom. The predicted octanol–water partition coefficient (Wildman–Crippen LogP) is 3.84. The van der Waals surface area contributed by atoms with Gasteiger partial charge in [-0.15, -0.1) is 0 Å².